The van der Waals surface area contributed by atoms with Gasteiger partial charge in [-0.3, -0.25) is 4.79 Å². The van der Waals surface area contributed by atoms with Crippen LogP contribution < -0.4 is 15.4 Å². The summed E-state index contributed by atoms with van der Waals surface area (Å²) in [6.45, 7) is 5.28. The number of rotatable bonds is 8. The van der Waals surface area contributed by atoms with Crippen molar-refractivity contribution in [1.82, 2.24) is 20.2 Å². The Morgan fingerprint density at radius 1 is 1.20 bits per heavy atom. The number of nitrogens with one attached hydrogen (secondary N) is 2. The molecule has 0 radical (unpaired) electrons. The van der Waals surface area contributed by atoms with E-state index in [0.717, 1.165) is 48.8 Å². The van der Waals surface area contributed by atoms with Gasteiger partial charge in [0, 0.05) is 30.8 Å². The molecule has 2 fully saturated rings. The van der Waals surface area contributed by atoms with Gasteiger partial charge >= 0.3 is 0 Å². The van der Waals surface area contributed by atoms with Crippen molar-refractivity contribution in [2.45, 2.75) is 63.2 Å². The fraction of sp³-hybridized carbons (Fsp3) is 0.452. The predicted molar refractivity (Wildman–Crippen MR) is 153 cm³/mol. The first-order valence-corrected chi connectivity index (χ1v) is 14.2. The van der Waals surface area contributed by atoms with Gasteiger partial charge < -0.3 is 30.5 Å². The summed E-state index contributed by atoms with van der Waals surface area (Å²) >= 11 is 0. The van der Waals surface area contributed by atoms with E-state index in [1.54, 1.807) is 12.1 Å². The maximum atomic E-state index is 15.2. The smallest absolute Gasteiger partial charge is 0.252 e. The molecule has 1 saturated carbocycles. The van der Waals surface area contributed by atoms with Gasteiger partial charge in [0.1, 0.15) is 11.4 Å². The molecule has 0 unspecified atom stereocenters. The molecule has 6 rings (SSSR count). The number of hydrogen-bond donors (Lipinski definition) is 4. The summed E-state index contributed by atoms with van der Waals surface area (Å²) in [7, 11) is 2.05. The van der Waals surface area contributed by atoms with Gasteiger partial charge in [0.25, 0.3) is 5.91 Å². The molecule has 1 aromatic heterocycles. The van der Waals surface area contributed by atoms with Crippen LogP contribution in [-0.2, 0) is 17.6 Å². The second-order valence-corrected chi connectivity index (χ2v) is 12.0. The summed E-state index contributed by atoms with van der Waals surface area (Å²) in [6, 6.07) is 9.07. The van der Waals surface area contributed by atoms with E-state index in [4.69, 9.17) is 4.74 Å². The van der Waals surface area contributed by atoms with Crippen LogP contribution in [0.25, 0.3) is 11.3 Å². The van der Waals surface area contributed by atoms with Crippen molar-refractivity contribution in [3.8, 4) is 17.0 Å². The monoisotopic (exact) mass is 561 g/mol. The summed E-state index contributed by atoms with van der Waals surface area (Å²) in [5.74, 6) is -0.108. The zero-order chi connectivity index (χ0) is 28.9. The lowest BCUT2D eigenvalue weighted by atomic mass is 9.84. The van der Waals surface area contributed by atoms with E-state index in [1.165, 1.54) is 0 Å². The van der Waals surface area contributed by atoms with E-state index in [9.17, 15) is 15.0 Å². The maximum absolute atomic E-state index is 15.2. The molecule has 1 amide bonds. The quantitative estimate of drug-likeness (QED) is 0.326. The van der Waals surface area contributed by atoms with Gasteiger partial charge in [-0.05, 0) is 94.0 Å². The molecule has 1 saturated heterocycles. The minimum Gasteiger partial charge on any atom is -0.488 e. The van der Waals surface area contributed by atoms with E-state index in [0.29, 0.717) is 41.8 Å². The fourth-order valence-corrected chi connectivity index (χ4v) is 5.90. The molecule has 2 aliphatic heterocycles. The highest BCUT2D eigenvalue weighted by atomic mass is 19.1. The minimum absolute atomic E-state index is 0.0387. The first-order valence-electron chi connectivity index (χ1n) is 14.2. The molecular formula is C31H36FN5O4. The molecule has 3 aliphatic rings. The number of likely N-dealkylation sites (tertiary alicyclic amines) is 1. The Balaban J connectivity index is 1.37. The topological polar surface area (TPSA) is 120 Å². The van der Waals surface area contributed by atoms with Crippen LogP contribution in [0.5, 0.6) is 5.75 Å². The van der Waals surface area contributed by atoms with Crippen LogP contribution in [0.2, 0.25) is 0 Å². The van der Waals surface area contributed by atoms with E-state index in [-0.39, 0.29) is 30.3 Å². The Labute approximate surface area is 238 Å². The van der Waals surface area contributed by atoms with Gasteiger partial charge in [0.05, 0.1) is 29.1 Å². The molecule has 0 atom stereocenters. The second-order valence-electron chi connectivity index (χ2n) is 12.0. The summed E-state index contributed by atoms with van der Waals surface area (Å²) in [6.07, 6.45) is 4.75. The van der Waals surface area contributed by atoms with Gasteiger partial charge in [-0.2, -0.15) is 0 Å². The molecule has 2 aromatic carbocycles. The van der Waals surface area contributed by atoms with Crippen molar-refractivity contribution >= 4 is 17.5 Å². The predicted octanol–water partition coefficient (Wildman–Crippen LogP) is 3.99. The van der Waals surface area contributed by atoms with Crippen molar-refractivity contribution in [1.29, 1.82) is 0 Å². The Morgan fingerprint density at radius 3 is 2.66 bits per heavy atom. The summed E-state index contributed by atoms with van der Waals surface area (Å²) in [5.41, 5.74) is 2.28. The lowest BCUT2D eigenvalue weighted by Crippen LogP contribution is -2.40. The Morgan fingerprint density at radius 2 is 1.95 bits per heavy atom. The van der Waals surface area contributed by atoms with Crippen molar-refractivity contribution in [2.24, 2.45) is 0 Å². The van der Waals surface area contributed by atoms with Crippen molar-refractivity contribution in [3.05, 3.63) is 64.6 Å². The molecule has 4 N–H and O–H groups in total. The van der Waals surface area contributed by atoms with Crippen molar-refractivity contribution in [3.63, 3.8) is 0 Å². The number of ether oxygens (including phenoxy) is 1. The molecule has 41 heavy (non-hydrogen) atoms. The zero-order valence-corrected chi connectivity index (χ0v) is 23.6. The highest BCUT2D eigenvalue weighted by Crippen LogP contribution is 2.40. The summed E-state index contributed by atoms with van der Waals surface area (Å²) in [4.78, 5) is 23.7. The van der Waals surface area contributed by atoms with E-state index >= 15 is 4.39 Å². The third-order valence-electron chi connectivity index (χ3n) is 8.31. The number of benzene rings is 2. The fourth-order valence-electron chi connectivity index (χ4n) is 5.90. The highest BCUT2D eigenvalue weighted by molar-refractivity contribution is 6.01. The number of fused-ring (bicyclic) bond motifs is 1. The summed E-state index contributed by atoms with van der Waals surface area (Å²) in [5, 5.41) is 27.3. The largest absolute Gasteiger partial charge is 0.488 e. The zero-order valence-electron chi connectivity index (χ0n) is 23.6. The van der Waals surface area contributed by atoms with Crippen LogP contribution in [0.1, 0.15) is 66.6 Å². The average Bonchev–Trinajstić information content (AvgIpc) is 3.72. The van der Waals surface area contributed by atoms with Crippen LogP contribution in [0.15, 0.2) is 36.5 Å². The SMILES string of the molecule is CN1CCC(O)(c2ccc(OC3CC3)c(Nc3ncc(F)c(-c4cc(CCO)c5c(c4)C(=O)NC5(C)C)n3)c2)CC1. The van der Waals surface area contributed by atoms with E-state index < -0.39 is 17.0 Å². The van der Waals surface area contributed by atoms with Gasteiger partial charge in [0.15, 0.2) is 5.82 Å². The molecule has 9 nitrogen and oxygen atoms in total. The number of hydrogen-bond acceptors (Lipinski definition) is 8. The Hall–Kier alpha value is -3.60. The van der Waals surface area contributed by atoms with Crippen LogP contribution in [-0.4, -0.2) is 63.8 Å². The lowest BCUT2D eigenvalue weighted by molar-refractivity contribution is -0.0203. The molecule has 0 bridgehead atoms. The van der Waals surface area contributed by atoms with Gasteiger partial charge in [-0.25, -0.2) is 14.4 Å². The van der Waals surface area contributed by atoms with E-state index in [1.807, 2.05) is 39.1 Å². The number of piperidine rings is 1. The molecule has 3 aromatic rings. The maximum Gasteiger partial charge on any atom is 0.252 e. The number of nitrogens with zero attached hydrogens (tertiary/aromatic N) is 3. The summed E-state index contributed by atoms with van der Waals surface area (Å²) < 4.78 is 21.3. The van der Waals surface area contributed by atoms with Crippen LogP contribution in [0, 0.1) is 5.82 Å². The molecule has 3 heterocycles. The molecule has 10 heteroatoms. The van der Waals surface area contributed by atoms with Crippen molar-refractivity contribution in [2.75, 3.05) is 32.1 Å². The first-order chi connectivity index (χ1) is 19.6. The first kappa shape index (κ1) is 27.6. The van der Waals surface area contributed by atoms with Crippen molar-refractivity contribution < 1.29 is 24.1 Å². The van der Waals surface area contributed by atoms with Crippen LogP contribution >= 0.6 is 0 Å². The van der Waals surface area contributed by atoms with Crippen LogP contribution in [0.4, 0.5) is 16.0 Å². The number of aromatic nitrogens is 2. The normalized spacial score (nSPS) is 19.5. The van der Waals surface area contributed by atoms with Crippen LogP contribution in [0.3, 0.4) is 0 Å². The van der Waals surface area contributed by atoms with Gasteiger partial charge in [-0.1, -0.05) is 6.07 Å². The lowest BCUT2D eigenvalue weighted by Gasteiger charge is -2.37. The molecule has 1 aliphatic carbocycles. The molecule has 0 spiro atoms. The van der Waals surface area contributed by atoms with Gasteiger partial charge in [-0.15, -0.1) is 0 Å². The Kier molecular flexibility index (Phi) is 6.96. The highest BCUT2D eigenvalue weighted by Gasteiger charge is 2.38. The Bertz CT molecular complexity index is 1500. The number of aliphatic hydroxyl groups is 2. The van der Waals surface area contributed by atoms with E-state index in [2.05, 4.69) is 25.5 Å². The standard InChI is InChI=1S/C31H36FN5O4/c1-30(2)26-18(8-13-38)14-19(15-22(26)28(39)36-30)27-23(32)17-33-29(35-27)34-24-16-20(4-7-25(24)41-21-5-6-21)31(40)9-11-37(3)12-10-31/h4,7,14-17,21,38,40H,5-6,8-13H2,1-3H3,(H,36,39)(H,33,34,35). The number of halogens is 1. The number of anilines is 2. The number of aliphatic hydroxyl groups excluding tert-OH is 1. The van der Waals surface area contributed by atoms with Gasteiger partial charge in [0.2, 0.25) is 5.95 Å². The number of carbonyl (C=O) groups excluding carboxylic acids is 1. The third-order valence-corrected chi connectivity index (χ3v) is 8.31. The minimum atomic E-state index is -0.961. The molecular weight excluding hydrogens is 525 g/mol. The number of carbonyl (C=O) groups is 1. The third kappa shape index (κ3) is 5.39. The average molecular weight is 562 g/mol. The molecule has 216 valence electrons. The second kappa shape index (κ2) is 10.3. The number of amides is 1.